The Kier molecular flexibility index (Phi) is 4.12. The number of fused-ring (bicyclic) bond motifs is 1. The number of anilines is 1. The van der Waals surface area contributed by atoms with Crippen molar-refractivity contribution < 1.29 is 4.79 Å². The Morgan fingerprint density at radius 2 is 2.33 bits per heavy atom. The smallest absolute Gasteiger partial charge is 0.245 e. The molecule has 1 atom stereocenters. The number of likely N-dealkylation sites (N-methyl/N-ethyl adjacent to an activating group) is 1. The summed E-state index contributed by atoms with van der Waals surface area (Å²) in [5, 5.41) is 7.71. The summed E-state index contributed by atoms with van der Waals surface area (Å²) in [4.78, 5) is 20.7. The van der Waals surface area contributed by atoms with Crippen LogP contribution < -0.4 is 10.6 Å². The Morgan fingerprint density at radius 3 is 3.10 bits per heavy atom. The number of thioether (sulfide) groups is 1. The monoisotopic (exact) mass is 320 g/mol. The van der Waals surface area contributed by atoms with Gasteiger partial charge >= 0.3 is 0 Å². The third-order valence-electron chi connectivity index (χ3n) is 3.15. The fourth-order valence-electron chi connectivity index (χ4n) is 2.12. The zero-order valence-corrected chi connectivity index (χ0v) is 13.5. The van der Waals surface area contributed by atoms with E-state index in [1.807, 2.05) is 12.1 Å². The van der Waals surface area contributed by atoms with E-state index in [1.165, 1.54) is 0 Å². The van der Waals surface area contributed by atoms with Crippen LogP contribution in [0, 0.1) is 0 Å². The summed E-state index contributed by atoms with van der Waals surface area (Å²) >= 11 is 3.22. The summed E-state index contributed by atoms with van der Waals surface area (Å²) in [6.07, 6.45) is 0. The van der Waals surface area contributed by atoms with Gasteiger partial charge in [-0.15, -0.1) is 23.1 Å². The van der Waals surface area contributed by atoms with Crippen LogP contribution in [-0.4, -0.2) is 41.3 Å². The average molecular weight is 320 g/mol. The van der Waals surface area contributed by atoms with Crippen LogP contribution >= 0.6 is 23.1 Å². The van der Waals surface area contributed by atoms with Crippen LogP contribution in [0.2, 0.25) is 0 Å². The number of aliphatic imine (C=N–C) groups is 1. The van der Waals surface area contributed by atoms with E-state index in [-0.39, 0.29) is 11.9 Å². The summed E-state index contributed by atoms with van der Waals surface area (Å²) < 4.78 is 1.13. The lowest BCUT2D eigenvalue weighted by Gasteiger charge is -2.01. The average Bonchev–Trinajstić information content (AvgIpc) is 3.12. The van der Waals surface area contributed by atoms with Crippen LogP contribution in [0.5, 0.6) is 0 Å². The number of thiazole rings is 1. The topological polar surface area (TPSA) is 66.4 Å². The second-order valence-corrected chi connectivity index (χ2v) is 6.65. The molecule has 0 spiro atoms. The van der Waals surface area contributed by atoms with Crippen molar-refractivity contribution in [2.75, 3.05) is 24.7 Å². The third-order valence-corrected chi connectivity index (χ3v) is 5.36. The van der Waals surface area contributed by atoms with Gasteiger partial charge in [0.1, 0.15) is 16.1 Å². The van der Waals surface area contributed by atoms with Crippen LogP contribution in [0.4, 0.5) is 5.69 Å². The number of nitrogens with one attached hydrogen (secondary N) is 2. The molecule has 21 heavy (non-hydrogen) atoms. The van der Waals surface area contributed by atoms with Gasteiger partial charge in [0.15, 0.2) is 0 Å². The first kappa shape index (κ1) is 14.3. The van der Waals surface area contributed by atoms with Gasteiger partial charge in [0.05, 0.1) is 10.2 Å². The van der Waals surface area contributed by atoms with Gasteiger partial charge in [-0.3, -0.25) is 9.79 Å². The van der Waals surface area contributed by atoms with Gasteiger partial charge in [-0.2, -0.15) is 0 Å². The first-order valence-corrected chi connectivity index (χ1v) is 8.58. The Balaban J connectivity index is 1.89. The zero-order chi connectivity index (χ0) is 14.8. The molecule has 0 saturated heterocycles. The third kappa shape index (κ3) is 2.89. The van der Waals surface area contributed by atoms with Crippen LogP contribution in [0.25, 0.3) is 10.2 Å². The molecule has 1 aliphatic heterocycles. The SMILES string of the molecule is CCNc1ccc2nc(C3=N[C@@H](C(=O)NC)CS3)sc2c1. The highest BCUT2D eigenvalue weighted by Crippen LogP contribution is 2.31. The minimum atomic E-state index is -0.292. The molecular weight excluding hydrogens is 304 g/mol. The van der Waals surface area contributed by atoms with Crippen LogP contribution in [-0.2, 0) is 4.79 Å². The van der Waals surface area contributed by atoms with Gasteiger partial charge < -0.3 is 10.6 Å². The van der Waals surface area contributed by atoms with Crippen molar-refractivity contribution in [2.24, 2.45) is 4.99 Å². The Morgan fingerprint density at radius 1 is 1.48 bits per heavy atom. The number of aromatic nitrogens is 1. The lowest BCUT2D eigenvalue weighted by atomic mass is 10.3. The molecule has 5 nitrogen and oxygen atoms in total. The highest BCUT2D eigenvalue weighted by Gasteiger charge is 2.26. The maximum Gasteiger partial charge on any atom is 0.245 e. The quantitative estimate of drug-likeness (QED) is 0.907. The fraction of sp³-hybridized carbons (Fsp3) is 0.357. The second-order valence-electron chi connectivity index (χ2n) is 4.61. The van der Waals surface area contributed by atoms with Crippen LogP contribution in [0.1, 0.15) is 11.9 Å². The number of carbonyl (C=O) groups is 1. The van der Waals surface area contributed by atoms with Gasteiger partial charge in [-0.1, -0.05) is 0 Å². The summed E-state index contributed by atoms with van der Waals surface area (Å²) in [5.74, 6) is 0.654. The van der Waals surface area contributed by atoms with Crippen LogP contribution in [0.3, 0.4) is 0 Å². The molecule has 0 radical (unpaired) electrons. The molecule has 1 aromatic heterocycles. The summed E-state index contributed by atoms with van der Waals surface area (Å²) in [6.45, 7) is 2.97. The molecule has 7 heteroatoms. The molecule has 2 N–H and O–H groups in total. The van der Waals surface area contributed by atoms with Crippen LogP contribution in [0.15, 0.2) is 23.2 Å². The standard InChI is InChI=1S/C14H16N4OS2/c1-3-16-8-4-5-9-11(6-8)21-14(17-9)13-18-10(7-20-13)12(19)15-2/h4-6,10,16H,3,7H2,1-2H3,(H,15,19)/t10-/m1/s1. The molecule has 0 unspecified atom stereocenters. The number of hydrogen-bond donors (Lipinski definition) is 2. The molecule has 1 aliphatic rings. The Hall–Kier alpha value is -1.60. The Bertz CT molecular complexity index is 710. The molecular formula is C14H16N4OS2. The van der Waals surface area contributed by atoms with E-state index in [2.05, 4.69) is 33.6 Å². The predicted octanol–water partition coefficient (Wildman–Crippen LogP) is 2.34. The van der Waals surface area contributed by atoms with Crippen molar-refractivity contribution in [3.05, 3.63) is 23.2 Å². The highest BCUT2D eigenvalue weighted by molar-refractivity contribution is 8.15. The summed E-state index contributed by atoms with van der Waals surface area (Å²) in [6, 6.07) is 5.87. The normalized spacial score (nSPS) is 17.8. The van der Waals surface area contributed by atoms with E-state index in [1.54, 1.807) is 30.1 Å². The maximum absolute atomic E-state index is 11.6. The van der Waals surface area contributed by atoms with E-state index >= 15 is 0 Å². The van der Waals surface area contributed by atoms with Crippen molar-refractivity contribution in [1.29, 1.82) is 0 Å². The molecule has 2 aromatic rings. The number of amides is 1. The molecule has 110 valence electrons. The van der Waals surface area contributed by atoms with Crippen molar-refractivity contribution >= 4 is 50.0 Å². The number of hydrogen-bond acceptors (Lipinski definition) is 6. The molecule has 3 rings (SSSR count). The van der Waals surface area contributed by atoms with Gasteiger partial charge in [-0.25, -0.2) is 4.98 Å². The number of rotatable bonds is 4. The highest BCUT2D eigenvalue weighted by atomic mass is 32.2. The maximum atomic E-state index is 11.6. The van der Waals surface area contributed by atoms with E-state index in [0.717, 1.165) is 32.5 Å². The van der Waals surface area contributed by atoms with E-state index in [0.29, 0.717) is 5.75 Å². The molecule has 0 saturated carbocycles. The van der Waals surface area contributed by atoms with Crippen molar-refractivity contribution in [2.45, 2.75) is 13.0 Å². The summed E-state index contributed by atoms with van der Waals surface area (Å²) in [7, 11) is 1.64. The van der Waals surface area contributed by atoms with Crippen molar-refractivity contribution in [1.82, 2.24) is 10.3 Å². The first-order chi connectivity index (χ1) is 10.2. The molecule has 2 heterocycles. The Labute approximate surface area is 131 Å². The van der Waals surface area contributed by atoms with E-state index < -0.39 is 0 Å². The van der Waals surface area contributed by atoms with Crippen molar-refractivity contribution in [3.8, 4) is 0 Å². The minimum Gasteiger partial charge on any atom is -0.385 e. The molecule has 0 aliphatic carbocycles. The predicted molar refractivity (Wildman–Crippen MR) is 90.6 cm³/mol. The number of nitrogens with zero attached hydrogens (tertiary/aromatic N) is 2. The molecule has 0 bridgehead atoms. The number of carbonyl (C=O) groups excluding carboxylic acids is 1. The lowest BCUT2D eigenvalue weighted by Crippen LogP contribution is -2.30. The van der Waals surface area contributed by atoms with Gasteiger partial charge in [0.25, 0.3) is 0 Å². The number of benzene rings is 1. The minimum absolute atomic E-state index is 0.0342. The lowest BCUT2D eigenvalue weighted by molar-refractivity contribution is -0.121. The van der Waals surface area contributed by atoms with Gasteiger partial charge in [-0.05, 0) is 25.1 Å². The second kappa shape index (κ2) is 6.03. The molecule has 1 amide bonds. The fourth-order valence-corrected chi connectivity index (χ4v) is 4.23. The van der Waals surface area contributed by atoms with E-state index in [9.17, 15) is 4.79 Å². The van der Waals surface area contributed by atoms with Gasteiger partial charge in [0.2, 0.25) is 5.91 Å². The largest absolute Gasteiger partial charge is 0.385 e. The summed E-state index contributed by atoms with van der Waals surface area (Å²) in [5.41, 5.74) is 2.08. The van der Waals surface area contributed by atoms with Gasteiger partial charge in [0, 0.05) is 25.0 Å². The van der Waals surface area contributed by atoms with E-state index in [4.69, 9.17) is 0 Å². The zero-order valence-electron chi connectivity index (χ0n) is 11.8. The molecule has 1 aromatic carbocycles. The first-order valence-electron chi connectivity index (χ1n) is 6.78. The molecule has 0 fully saturated rings. The van der Waals surface area contributed by atoms with Crippen molar-refractivity contribution in [3.63, 3.8) is 0 Å².